The quantitative estimate of drug-likeness (QED) is 0.839. The Labute approximate surface area is 127 Å². The molecule has 2 N–H and O–H groups in total. The van der Waals surface area contributed by atoms with Crippen LogP contribution in [0.15, 0.2) is 12.1 Å². The second-order valence-corrected chi connectivity index (χ2v) is 4.74. The van der Waals surface area contributed by atoms with E-state index in [-0.39, 0.29) is 23.7 Å². The number of aliphatic carboxylic acids is 1. The Kier molecular flexibility index (Phi) is 5.97. The van der Waals surface area contributed by atoms with E-state index in [2.05, 4.69) is 5.32 Å². The fourth-order valence-electron chi connectivity index (χ4n) is 1.73. The summed E-state index contributed by atoms with van der Waals surface area (Å²) < 4.78 is 23.9. The lowest BCUT2D eigenvalue weighted by Crippen LogP contribution is -2.36. The summed E-state index contributed by atoms with van der Waals surface area (Å²) in [4.78, 5) is 23.9. The zero-order valence-corrected chi connectivity index (χ0v) is 12.8. The molecule has 0 radical (unpaired) electrons. The fourth-order valence-corrected chi connectivity index (χ4v) is 1.73. The number of nitrogens with one attached hydrogen (secondary N) is 1. The molecule has 2 amide bonds. The minimum atomic E-state index is -1.02. The van der Waals surface area contributed by atoms with Gasteiger partial charge in [-0.2, -0.15) is 0 Å². The maximum atomic E-state index is 13.9. The fraction of sp³-hybridized carbons (Fsp3) is 0.429. The van der Waals surface area contributed by atoms with Crippen molar-refractivity contribution in [3.8, 4) is 11.5 Å². The molecule has 0 fully saturated rings. The molecule has 0 aliphatic carbocycles. The highest BCUT2D eigenvalue weighted by Gasteiger charge is 2.19. The van der Waals surface area contributed by atoms with Crippen molar-refractivity contribution < 1.29 is 28.6 Å². The van der Waals surface area contributed by atoms with Crippen molar-refractivity contribution in [1.82, 2.24) is 4.90 Å². The van der Waals surface area contributed by atoms with Crippen LogP contribution in [-0.2, 0) is 4.79 Å². The van der Waals surface area contributed by atoms with E-state index in [0.717, 1.165) is 11.0 Å². The van der Waals surface area contributed by atoms with Crippen LogP contribution in [0.3, 0.4) is 0 Å². The standard InChI is InChI=1S/C14H19FN2O5/c1-8(13(18)19)7-17(2)14(20)16-10-6-12(22-4)11(21-3)5-9(10)15/h5-6,8H,7H2,1-4H3,(H,16,20)(H,18,19). The highest BCUT2D eigenvalue weighted by Crippen LogP contribution is 2.32. The van der Waals surface area contributed by atoms with Gasteiger partial charge in [-0.25, -0.2) is 9.18 Å². The van der Waals surface area contributed by atoms with E-state index >= 15 is 0 Å². The summed E-state index contributed by atoms with van der Waals surface area (Å²) in [6, 6.07) is 1.76. The smallest absolute Gasteiger partial charge is 0.321 e. The first-order valence-electron chi connectivity index (χ1n) is 6.46. The number of halogens is 1. The van der Waals surface area contributed by atoms with Gasteiger partial charge >= 0.3 is 12.0 Å². The molecule has 0 heterocycles. The summed E-state index contributed by atoms with van der Waals surface area (Å²) >= 11 is 0. The summed E-state index contributed by atoms with van der Waals surface area (Å²) in [5, 5.41) is 11.2. The first-order chi connectivity index (χ1) is 10.3. The Morgan fingerprint density at radius 2 is 1.86 bits per heavy atom. The largest absolute Gasteiger partial charge is 0.493 e. The van der Waals surface area contributed by atoms with Crippen LogP contribution >= 0.6 is 0 Å². The molecule has 0 saturated carbocycles. The van der Waals surface area contributed by atoms with E-state index in [9.17, 15) is 14.0 Å². The van der Waals surface area contributed by atoms with Crippen LogP contribution in [0.25, 0.3) is 0 Å². The maximum absolute atomic E-state index is 13.9. The van der Waals surface area contributed by atoms with Gasteiger partial charge in [0.2, 0.25) is 0 Å². The van der Waals surface area contributed by atoms with Crippen LogP contribution in [0.4, 0.5) is 14.9 Å². The van der Waals surface area contributed by atoms with Gasteiger partial charge in [-0.1, -0.05) is 6.92 Å². The van der Waals surface area contributed by atoms with E-state index in [4.69, 9.17) is 14.6 Å². The van der Waals surface area contributed by atoms with Crippen LogP contribution in [-0.4, -0.2) is 49.8 Å². The molecule has 7 nitrogen and oxygen atoms in total. The Bertz CT molecular complexity index is 564. The van der Waals surface area contributed by atoms with Crippen molar-refractivity contribution in [2.75, 3.05) is 33.1 Å². The summed E-state index contributed by atoms with van der Waals surface area (Å²) in [6.45, 7) is 1.47. The molecule has 1 aromatic rings. The number of carboxylic acids is 1. The molecule has 0 saturated heterocycles. The lowest BCUT2D eigenvalue weighted by molar-refractivity contribution is -0.141. The van der Waals surface area contributed by atoms with Crippen LogP contribution in [0.5, 0.6) is 11.5 Å². The highest BCUT2D eigenvalue weighted by atomic mass is 19.1. The predicted molar refractivity (Wildman–Crippen MR) is 78.0 cm³/mol. The van der Waals surface area contributed by atoms with Crippen LogP contribution in [0.2, 0.25) is 0 Å². The molecule has 1 rings (SSSR count). The van der Waals surface area contributed by atoms with Gasteiger partial charge in [0.25, 0.3) is 0 Å². The van der Waals surface area contributed by atoms with Gasteiger partial charge in [0.1, 0.15) is 0 Å². The average Bonchev–Trinajstić information content (AvgIpc) is 2.48. The van der Waals surface area contributed by atoms with Gasteiger partial charge in [-0.15, -0.1) is 0 Å². The number of anilines is 1. The van der Waals surface area contributed by atoms with Crippen LogP contribution in [0, 0.1) is 11.7 Å². The number of rotatable bonds is 6. The first-order valence-corrected chi connectivity index (χ1v) is 6.46. The summed E-state index contributed by atoms with van der Waals surface area (Å²) in [6.07, 6.45) is 0. The molecule has 1 aromatic carbocycles. The number of carbonyl (C=O) groups excluding carboxylic acids is 1. The maximum Gasteiger partial charge on any atom is 0.321 e. The van der Waals surface area contributed by atoms with Gasteiger partial charge in [0, 0.05) is 25.7 Å². The van der Waals surface area contributed by atoms with E-state index < -0.39 is 23.7 Å². The van der Waals surface area contributed by atoms with Crippen LogP contribution < -0.4 is 14.8 Å². The molecule has 0 aliphatic heterocycles. The number of urea groups is 1. The third-order valence-electron chi connectivity index (χ3n) is 3.03. The second-order valence-electron chi connectivity index (χ2n) is 4.74. The Morgan fingerprint density at radius 1 is 1.32 bits per heavy atom. The molecule has 1 unspecified atom stereocenters. The monoisotopic (exact) mass is 314 g/mol. The lowest BCUT2D eigenvalue weighted by atomic mass is 10.2. The van der Waals surface area contributed by atoms with Crippen molar-refractivity contribution >= 4 is 17.7 Å². The predicted octanol–water partition coefficient (Wildman–Crippen LogP) is 2.03. The van der Waals surface area contributed by atoms with Crippen LogP contribution in [0.1, 0.15) is 6.92 Å². The molecular weight excluding hydrogens is 295 g/mol. The van der Waals surface area contributed by atoms with Crippen molar-refractivity contribution in [1.29, 1.82) is 0 Å². The average molecular weight is 314 g/mol. The van der Waals surface area contributed by atoms with Crippen molar-refractivity contribution in [3.05, 3.63) is 17.9 Å². The number of carbonyl (C=O) groups is 2. The molecule has 1 atom stereocenters. The zero-order valence-electron chi connectivity index (χ0n) is 12.8. The van der Waals surface area contributed by atoms with E-state index in [1.54, 1.807) is 0 Å². The van der Waals surface area contributed by atoms with Crippen molar-refractivity contribution in [3.63, 3.8) is 0 Å². The number of nitrogens with zero attached hydrogens (tertiary/aromatic N) is 1. The number of carboxylic acid groups (broad SMARTS) is 1. The molecular formula is C14H19FN2O5. The third kappa shape index (κ3) is 4.24. The summed E-state index contributed by atoms with van der Waals surface area (Å²) in [5.41, 5.74) is -0.0857. The minimum absolute atomic E-state index is 0.00389. The SMILES string of the molecule is COc1cc(F)c(NC(=O)N(C)CC(C)C(=O)O)cc1OC. The third-order valence-corrected chi connectivity index (χ3v) is 3.03. The van der Waals surface area contributed by atoms with Crippen molar-refractivity contribution in [2.45, 2.75) is 6.92 Å². The minimum Gasteiger partial charge on any atom is -0.493 e. The van der Waals surface area contributed by atoms with E-state index in [0.29, 0.717) is 0 Å². The topological polar surface area (TPSA) is 88.1 Å². The molecule has 0 aliphatic rings. The lowest BCUT2D eigenvalue weighted by Gasteiger charge is -2.20. The molecule has 122 valence electrons. The molecule has 8 heteroatoms. The molecule has 22 heavy (non-hydrogen) atoms. The number of methoxy groups -OCH3 is 2. The van der Waals surface area contributed by atoms with Gasteiger partial charge in [-0.05, 0) is 0 Å². The Hall–Kier alpha value is -2.51. The summed E-state index contributed by atoms with van der Waals surface area (Å²) in [7, 11) is 4.19. The Balaban J connectivity index is 2.85. The number of benzene rings is 1. The molecule has 0 spiro atoms. The van der Waals surface area contributed by atoms with Gasteiger partial charge < -0.3 is 24.8 Å². The zero-order chi connectivity index (χ0) is 16.9. The number of amides is 2. The number of hydrogen-bond acceptors (Lipinski definition) is 4. The second kappa shape index (κ2) is 7.48. The van der Waals surface area contributed by atoms with E-state index in [1.165, 1.54) is 34.3 Å². The van der Waals surface area contributed by atoms with Gasteiger partial charge in [0.15, 0.2) is 17.3 Å². The highest BCUT2D eigenvalue weighted by molar-refractivity contribution is 5.90. The van der Waals surface area contributed by atoms with Gasteiger partial charge in [0.05, 0.1) is 25.8 Å². The number of hydrogen-bond donors (Lipinski definition) is 2. The summed E-state index contributed by atoms with van der Waals surface area (Å²) in [5.74, 6) is -1.97. The molecule has 0 aromatic heterocycles. The van der Waals surface area contributed by atoms with E-state index in [1.807, 2.05) is 0 Å². The molecule has 0 bridgehead atoms. The number of ether oxygens (including phenoxy) is 2. The first kappa shape index (κ1) is 17.5. The van der Waals surface area contributed by atoms with Crippen molar-refractivity contribution in [2.24, 2.45) is 5.92 Å². The normalized spacial score (nSPS) is 11.5. The van der Waals surface area contributed by atoms with Gasteiger partial charge in [-0.3, -0.25) is 4.79 Å². The Morgan fingerprint density at radius 3 is 2.36 bits per heavy atom.